The molecule has 104 valence electrons. The van der Waals surface area contributed by atoms with Crippen LogP contribution < -0.4 is 5.32 Å². The number of hydrogen-bond donors (Lipinski definition) is 2. The normalized spacial score (nSPS) is 14.6. The summed E-state index contributed by atoms with van der Waals surface area (Å²) in [5, 5.41) is 10.2. The van der Waals surface area contributed by atoms with Crippen molar-refractivity contribution in [3.05, 3.63) is 29.6 Å². The van der Waals surface area contributed by atoms with Crippen molar-refractivity contribution in [1.29, 1.82) is 0 Å². The Morgan fingerprint density at radius 3 is 2.37 bits per heavy atom. The number of hydrogen-bond acceptors (Lipinski definition) is 3. The summed E-state index contributed by atoms with van der Waals surface area (Å²) in [6.07, 6.45) is -3.75. The van der Waals surface area contributed by atoms with Gasteiger partial charge in [-0.3, -0.25) is 9.78 Å². The van der Waals surface area contributed by atoms with Gasteiger partial charge in [-0.15, -0.1) is 0 Å². The van der Waals surface area contributed by atoms with Crippen LogP contribution in [0, 0.1) is 6.92 Å². The standard InChI is InChI=1S/C11H11F3N2O3/c1-6-7(4-3-5-15-6)8(17)16-10(2,9(18)19)11(12,13)14/h3-5H,1-2H3,(H,16,17)(H,18,19). The van der Waals surface area contributed by atoms with Crippen molar-refractivity contribution in [2.24, 2.45) is 0 Å². The fourth-order valence-corrected chi connectivity index (χ4v) is 1.26. The van der Waals surface area contributed by atoms with Crippen LogP contribution in [0.5, 0.6) is 0 Å². The van der Waals surface area contributed by atoms with E-state index in [1.165, 1.54) is 30.6 Å². The average molecular weight is 276 g/mol. The quantitative estimate of drug-likeness (QED) is 0.877. The molecule has 0 aromatic carbocycles. The van der Waals surface area contributed by atoms with Crippen LogP contribution in [0.4, 0.5) is 13.2 Å². The number of halogens is 3. The molecule has 0 aliphatic heterocycles. The molecule has 0 spiro atoms. The van der Waals surface area contributed by atoms with Crippen LogP contribution in [0.1, 0.15) is 23.0 Å². The van der Waals surface area contributed by atoms with Crippen LogP contribution in [-0.2, 0) is 4.79 Å². The van der Waals surface area contributed by atoms with E-state index < -0.39 is 23.6 Å². The number of nitrogens with one attached hydrogen (secondary N) is 1. The van der Waals surface area contributed by atoms with Crippen LogP contribution in [0.25, 0.3) is 0 Å². The molecule has 1 atom stereocenters. The summed E-state index contributed by atoms with van der Waals surface area (Å²) >= 11 is 0. The molecule has 1 rings (SSSR count). The fraction of sp³-hybridized carbons (Fsp3) is 0.364. The number of aromatic nitrogens is 1. The molecule has 0 aliphatic rings. The van der Waals surface area contributed by atoms with Gasteiger partial charge in [0.05, 0.1) is 5.56 Å². The molecule has 8 heteroatoms. The van der Waals surface area contributed by atoms with Gasteiger partial charge >= 0.3 is 12.1 Å². The van der Waals surface area contributed by atoms with E-state index in [2.05, 4.69) is 4.98 Å². The summed E-state index contributed by atoms with van der Waals surface area (Å²) in [4.78, 5) is 26.2. The summed E-state index contributed by atoms with van der Waals surface area (Å²) in [6.45, 7) is 1.82. The Hall–Kier alpha value is -2.12. The number of carboxylic acids is 1. The number of alkyl halides is 3. The fourth-order valence-electron chi connectivity index (χ4n) is 1.26. The van der Waals surface area contributed by atoms with Crippen molar-refractivity contribution in [3.63, 3.8) is 0 Å². The lowest BCUT2D eigenvalue weighted by Crippen LogP contribution is -2.62. The Morgan fingerprint density at radius 1 is 1.37 bits per heavy atom. The second kappa shape index (κ2) is 4.87. The molecule has 1 aromatic rings. The average Bonchev–Trinajstić information content (AvgIpc) is 2.27. The smallest absolute Gasteiger partial charge is 0.422 e. The first-order chi connectivity index (χ1) is 8.59. The Labute approximate surface area is 106 Å². The van der Waals surface area contributed by atoms with Crippen LogP contribution >= 0.6 is 0 Å². The van der Waals surface area contributed by atoms with E-state index in [1.54, 1.807) is 0 Å². The van der Waals surface area contributed by atoms with Gasteiger partial charge in [-0.2, -0.15) is 13.2 Å². The SMILES string of the molecule is Cc1ncccc1C(=O)NC(C)(C(=O)O)C(F)(F)F. The van der Waals surface area contributed by atoms with Crippen molar-refractivity contribution in [2.45, 2.75) is 25.6 Å². The highest BCUT2D eigenvalue weighted by atomic mass is 19.4. The van der Waals surface area contributed by atoms with E-state index in [9.17, 15) is 22.8 Å². The topological polar surface area (TPSA) is 79.3 Å². The Bertz CT molecular complexity index is 516. The third-order valence-electron chi connectivity index (χ3n) is 2.61. The molecule has 0 bridgehead atoms. The van der Waals surface area contributed by atoms with Crippen LogP contribution in [-0.4, -0.2) is 33.7 Å². The molecule has 1 unspecified atom stereocenters. The minimum atomic E-state index is -5.12. The van der Waals surface area contributed by atoms with Gasteiger partial charge in [0.1, 0.15) is 0 Å². The lowest BCUT2D eigenvalue weighted by atomic mass is 10.0. The van der Waals surface area contributed by atoms with Crippen LogP contribution in [0.15, 0.2) is 18.3 Å². The molecule has 0 saturated heterocycles. The van der Waals surface area contributed by atoms with E-state index in [0.717, 1.165) is 0 Å². The summed E-state index contributed by atoms with van der Waals surface area (Å²) in [7, 11) is 0. The van der Waals surface area contributed by atoms with E-state index in [0.29, 0.717) is 6.92 Å². The molecule has 19 heavy (non-hydrogen) atoms. The maximum atomic E-state index is 12.7. The molecular weight excluding hydrogens is 265 g/mol. The van der Waals surface area contributed by atoms with Gasteiger partial charge < -0.3 is 10.4 Å². The zero-order valence-corrected chi connectivity index (χ0v) is 10.1. The third kappa shape index (κ3) is 2.83. The molecular formula is C11H11F3N2O3. The van der Waals surface area contributed by atoms with Crippen molar-refractivity contribution in [1.82, 2.24) is 10.3 Å². The summed E-state index contributed by atoms with van der Waals surface area (Å²) in [5.74, 6) is -3.33. The number of pyridine rings is 1. The van der Waals surface area contributed by atoms with E-state index >= 15 is 0 Å². The van der Waals surface area contributed by atoms with E-state index in [-0.39, 0.29) is 11.3 Å². The number of nitrogens with zero attached hydrogens (tertiary/aromatic N) is 1. The first-order valence-electron chi connectivity index (χ1n) is 5.14. The van der Waals surface area contributed by atoms with Crippen molar-refractivity contribution in [3.8, 4) is 0 Å². The van der Waals surface area contributed by atoms with Gasteiger partial charge in [-0.05, 0) is 26.0 Å². The lowest BCUT2D eigenvalue weighted by Gasteiger charge is -2.28. The lowest BCUT2D eigenvalue weighted by molar-refractivity contribution is -0.203. The maximum absolute atomic E-state index is 12.7. The number of carbonyl (C=O) groups is 2. The second-order valence-corrected chi connectivity index (χ2v) is 4.02. The third-order valence-corrected chi connectivity index (χ3v) is 2.61. The molecule has 1 heterocycles. The maximum Gasteiger partial charge on any atom is 0.422 e. The van der Waals surface area contributed by atoms with Gasteiger partial charge in [0.15, 0.2) is 0 Å². The number of carboxylic acid groups (broad SMARTS) is 1. The van der Waals surface area contributed by atoms with Gasteiger partial charge in [-0.1, -0.05) is 0 Å². The molecule has 1 amide bonds. The van der Waals surface area contributed by atoms with Gasteiger partial charge in [-0.25, -0.2) is 4.79 Å². The van der Waals surface area contributed by atoms with Crippen LogP contribution in [0.2, 0.25) is 0 Å². The Morgan fingerprint density at radius 2 is 1.95 bits per heavy atom. The molecule has 0 aliphatic carbocycles. The Kier molecular flexibility index (Phi) is 3.83. The monoisotopic (exact) mass is 276 g/mol. The van der Waals surface area contributed by atoms with E-state index in [1.807, 2.05) is 0 Å². The van der Waals surface area contributed by atoms with Gasteiger partial charge in [0, 0.05) is 11.9 Å². The minimum Gasteiger partial charge on any atom is -0.479 e. The molecule has 0 fully saturated rings. The predicted octanol–water partition coefficient (Wildman–Crippen LogP) is 1.53. The first-order valence-corrected chi connectivity index (χ1v) is 5.14. The molecule has 0 saturated carbocycles. The minimum absolute atomic E-state index is 0.112. The Balaban J connectivity index is 3.10. The number of aliphatic carboxylic acids is 1. The number of carbonyl (C=O) groups excluding carboxylic acids is 1. The zero-order valence-electron chi connectivity index (χ0n) is 10.1. The second-order valence-electron chi connectivity index (χ2n) is 4.02. The summed E-state index contributed by atoms with van der Waals surface area (Å²) in [6, 6.07) is 2.63. The highest BCUT2D eigenvalue weighted by Crippen LogP contribution is 2.30. The molecule has 1 aromatic heterocycles. The van der Waals surface area contributed by atoms with Gasteiger partial charge in [0.2, 0.25) is 5.54 Å². The number of amides is 1. The van der Waals surface area contributed by atoms with Crippen LogP contribution in [0.3, 0.4) is 0 Å². The molecule has 2 N–H and O–H groups in total. The number of aryl methyl sites for hydroxylation is 1. The van der Waals surface area contributed by atoms with Crippen molar-refractivity contribution >= 4 is 11.9 Å². The first kappa shape index (κ1) is 14.9. The molecule has 5 nitrogen and oxygen atoms in total. The van der Waals surface area contributed by atoms with Crippen molar-refractivity contribution < 1.29 is 27.9 Å². The highest BCUT2D eigenvalue weighted by molar-refractivity contribution is 5.98. The number of rotatable bonds is 3. The highest BCUT2D eigenvalue weighted by Gasteiger charge is 2.58. The zero-order chi connectivity index (χ0) is 14.8. The van der Waals surface area contributed by atoms with Gasteiger partial charge in [0.25, 0.3) is 5.91 Å². The predicted molar refractivity (Wildman–Crippen MR) is 58.5 cm³/mol. The summed E-state index contributed by atoms with van der Waals surface area (Å²) < 4.78 is 38.2. The summed E-state index contributed by atoms with van der Waals surface area (Å²) in [5.41, 5.74) is -3.26. The molecule has 0 radical (unpaired) electrons. The van der Waals surface area contributed by atoms with E-state index in [4.69, 9.17) is 5.11 Å². The van der Waals surface area contributed by atoms with Crippen molar-refractivity contribution in [2.75, 3.05) is 0 Å². The largest absolute Gasteiger partial charge is 0.479 e.